The molecule has 0 fully saturated rings. The number of rotatable bonds is 3. The number of nitrogens with one attached hydrogen (secondary N) is 2. The molecule has 1 heterocycles. The van der Waals surface area contributed by atoms with E-state index in [1.807, 2.05) is 44.2 Å². The van der Waals surface area contributed by atoms with Gasteiger partial charge in [0.05, 0.1) is 11.9 Å². The molecule has 1 unspecified atom stereocenters. The fourth-order valence-corrected chi connectivity index (χ4v) is 1.73. The topological polar surface area (TPSA) is 80.0 Å². The Labute approximate surface area is 118 Å². The molecule has 4 N–H and O–H groups in total. The van der Waals surface area contributed by atoms with E-state index >= 15 is 0 Å². The third-order valence-corrected chi connectivity index (χ3v) is 2.84. The summed E-state index contributed by atoms with van der Waals surface area (Å²) >= 11 is 0. The van der Waals surface area contributed by atoms with Crippen LogP contribution < -0.4 is 16.4 Å². The van der Waals surface area contributed by atoms with Crippen LogP contribution in [-0.4, -0.2) is 11.0 Å². The van der Waals surface area contributed by atoms with Gasteiger partial charge in [-0.2, -0.15) is 0 Å². The number of benzene rings is 1. The van der Waals surface area contributed by atoms with E-state index in [1.165, 1.54) is 0 Å². The van der Waals surface area contributed by atoms with Crippen LogP contribution in [0.15, 0.2) is 42.6 Å². The largest absolute Gasteiger partial charge is 0.324 e. The quantitative estimate of drug-likeness (QED) is 0.802. The van der Waals surface area contributed by atoms with Crippen LogP contribution in [0.4, 0.5) is 16.2 Å². The standard InChI is InChI=1S/C15H18N4O/c1-10-6-7-14(9-17-10)19-15(20)18-13-5-3-4-12(8-13)11(2)16/h3-9,11H,16H2,1-2H3,(H2,18,19,20). The molecule has 2 amide bonds. The van der Waals surface area contributed by atoms with Crippen LogP contribution in [0.5, 0.6) is 0 Å². The molecule has 0 saturated heterocycles. The minimum atomic E-state index is -0.308. The number of aryl methyl sites for hydroxylation is 1. The normalized spacial score (nSPS) is 11.8. The van der Waals surface area contributed by atoms with Crippen molar-refractivity contribution in [3.63, 3.8) is 0 Å². The maximum Gasteiger partial charge on any atom is 0.323 e. The first-order valence-electron chi connectivity index (χ1n) is 6.41. The van der Waals surface area contributed by atoms with E-state index in [0.29, 0.717) is 11.4 Å². The van der Waals surface area contributed by atoms with Crippen molar-refractivity contribution >= 4 is 17.4 Å². The van der Waals surface area contributed by atoms with Gasteiger partial charge in [0.2, 0.25) is 0 Å². The highest BCUT2D eigenvalue weighted by Gasteiger charge is 2.05. The van der Waals surface area contributed by atoms with Crippen molar-refractivity contribution < 1.29 is 4.79 Å². The number of carbonyl (C=O) groups is 1. The molecule has 0 saturated carbocycles. The number of nitrogens with two attached hydrogens (primary N) is 1. The minimum Gasteiger partial charge on any atom is -0.324 e. The van der Waals surface area contributed by atoms with Crippen LogP contribution in [0.1, 0.15) is 24.2 Å². The maximum absolute atomic E-state index is 11.9. The Balaban J connectivity index is 2.01. The molecule has 1 atom stereocenters. The van der Waals surface area contributed by atoms with E-state index in [9.17, 15) is 4.79 Å². The summed E-state index contributed by atoms with van der Waals surface area (Å²) in [5, 5.41) is 5.49. The van der Waals surface area contributed by atoms with Crippen molar-refractivity contribution in [3.8, 4) is 0 Å². The minimum absolute atomic E-state index is 0.0684. The number of amides is 2. The summed E-state index contributed by atoms with van der Waals surface area (Å²) in [5.41, 5.74) is 9.05. The highest BCUT2D eigenvalue weighted by molar-refractivity contribution is 5.99. The zero-order valence-electron chi connectivity index (χ0n) is 11.6. The molecular weight excluding hydrogens is 252 g/mol. The van der Waals surface area contributed by atoms with Crippen molar-refractivity contribution in [2.75, 3.05) is 10.6 Å². The molecule has 0 aliphatic rings. The lowest BCUT2D eigenvalue weighted by atomic mass is 10.1. The van der Waals surface area contributed by atoms with Crippen LogP contribution in [0.2, 0.25) is 0 Å². The van der Waals surface area contributed by atoms with Crippen molar-refractivity contribution in [2.24, 2.45) is 5.73 Å². The second-order valence-electron chi connectivity index (χ2n) is 4.68. The Hall–Kier alpha value is -2.40. The third kappa shape index (κ3) is 3.80. The van der Waals surface area contributed by atoms with E-state index in [1.54, 1.807) is 12.3 Å². The number of anilines is 2. The summed E-state index contributed by atoms with van der Waals surface area (Å²) in [6.07, 6.45) is 1.62. The molecule has 0 aliphatic carbocycles. The van der Waals surface area contributed by atoms with Gasteiger partial charge in [-0.1, -0.05) is 12.1 Å². The van der Waals surface area contributed by atoms with E-state index in [-0.39, 0.29) is 12.1 Å². The van der Waals surface area contributed by atoms with Gasteiger partial charge in [0, 0.05) is 17.4 Å². The number of hydrogen-bond donors (Lipinski definition) is 3. The van der Waals surface area contributed by atoms with E-state index in [0.717, 1.165) is 11.3 Å². The van der Waals surface area contributed by atoms with Gasteiger partial charge in [-0.25, -0.2) is 4.79 Å². The van der Waals surface area contributed by atoms with Crippen molar-refractivity contribution in [1.82, 2.24) is 4.98 Å². The summed E-state index contributed by atoms with van der Waals surface area (Å²) in [4.78, 5) is 16.0. The van der Waals surface area contributed by atoms with Gasteiger partial charge in [0.1, 0.15) is 0 Å². The SMILES string of the molecule is Cc1ccc(NC(=O)Nc2cccc(C(C)N)c2)cn1. The molecule has 0 bridgehead atoms. The smallest absolute Gasteiger partial charge is 0.323 e. The first-order valence-corrected chi connectivity index (χ1v) is 6.41. The molecule has 104 valence electrons. The molecule has 20 heavy (non-hydrogen) atoms. The fraction of sp³-hybridized carbons (Fsp3) is 0.200. The maximum atomic E-state index is 11.9. The van der Waals surface area contributed by atoms with Crippen LogP contribution >= 0.6 is 0 Å². The molecule has 2 rings (SSSR count). The van der Waals surface area contributed by atoms with Crippen molar-refractivity contribution in [3.05, 3.63) is 53.9 Å². The highest BCUT2D eigenvalue weighted by Crippen LogP contribution is 2.16. The van der Waals surface area contributed by atoms with Crippen molar-refractivity contribution in [1.29, 1.82) is 0 Å². The molecule has 2 aromatic rings. The zero-order valence-corrected chi connectivity index (χ0v) is 11.6. The number of urea groups is 1. The first kappa shape index (κ1) is 14.0. The molecule has 5 nitrogen and oxygen atoms in total. The first-order chi connectivity index (χ1) is 9.54. The monoisotopic (exact) mass is 270 g/mol. The molecule has 5 heteroatoms. The van der Waals surface area contributed by atoms with Crippen LogP contribution in [-0.2, 0) is 0 Å². The van der Waals surface area contributed by atoms with Gasteiger partial charge in [0.25, 0.3) is 0 Å². The zero-order chi connectivity index (χ0) is 14.5. The number of hydrogen-bond acceptors (Lipinski definition) is 3. The summed E-state index contributed by atoms with van der Waals surface area (Å²) in [5.74, 6) is 0. The summed E-state index contributed by atoms with van der Waals surface area (Å²) in [6.45, 7) is 3.79. The van der Waals surface area contributed by atoms with Crippen LogP contribution in [0.25, 0.3) is 0 Å². The van der Waals surface area contributed by atoms with E-state index in [4.69, 9.17) is 5.73 Å². The molecule has 1 aromatic carbocycles. The number of aromatic nitrogens is 1. The van der Waals surface area contributed by atoms with E-state index < -0.39 is 0 Å². The predicted molar refractivity (Wildman–Crippen MR) is 80.7 cm³/mol. The lowest BCUT2D eigenvalue weighted by Crippen LogP contribution is -2.19. The fourth-order valence-electron chi connectivity index (χ4n) is 1.73. The highest BCUT2D eigenvalue weighted by atomic mass is 16.2. The molecule has 1 aromatic heterocycles. The lowest BCUT2D eigenvalue weighted by Gasteiger charge is -2.10. The lowest BCUT2D eigenvalue weighted by molar-refractivity contribution is 0.262. The summed E-state index contributed by atoms with van der Waals surface area (Å²) in [7, 11) is 0. The molecule has 0 aliphatic heterocycles. The van der Waals surface area contributed by atoms with Gasteiger partial charge in [-0.3, -0.25) is 4.98 Å². The Bertz CT molecular complexity index is 593. The van der Waals surface area contributed by atoms with Gasteiger partial charge >= 0.3 is 6.03 Å². The Morgan fingerprint density at radius 1 is 1.20 bits per heavy atom. The second-order valence-corrected chi connectivity index (χ2v) is 4.68. The molecular formula is C15H18N4O. The Morgan fingerprint density at radius 3 is 2.60 bits per heavy atom. The number of pyridine rings is 1. The van der Waals surface area contributed by atoms with E-state index in [2.05, 4.69) is 15.6 Å². The van der Waals surface area contributed by atoms with Crippen molar-refractivity contribution in [2.45, 2.75) is 19.9 Å². The van der Waals surface area contributed by atoms with Gasteiger partial charge in [0.15, 0.2) is 0 Å². The Kier molecular flexibility index (Phi) is 4.32. The number of nitrogens with zero attached hydrogens (tertiary/aromatic N) is 1. The number of carbonyl (C=O) groups excluding carboxylic acids is 1. The van der Waals surface area contributed by atoms with Crippen LogP contribution in [0, 0.1) is 6.92 Å². The molecule has 0 spiro atoms. The predicted octanol–water partition coefficient (Wildman–Crippen LogP) is 3.05. The molecule has 0 radical (unpaired) electrons. The second kappa shape index (κ2) is 6.16. The summed E-state index contributed by atoms with van der Waals surface area (Å²) < 4.78 is 0. The van der Waals surface area contributed by atoms with Gasteiger partial charge in [-0.05, 0) is 43.7 Å². The Morgan fingerprint density at radius 2 is 1.95 bits per heavy atom. The van der Waals surface area contributed by atoms with Crippen LogP contribution in [0.3, 0.4) is 0 Å². The average molecular weight is 270 g/mol. The van der Waals surface area contributed by atoms with Gasteiger partial charge in [-0.15, -0.1) is 0 Å². The van der Waals surface area contributed by atoms with Gasteiger partial charge < -0.3 is 16.4 Å². The average Bonchev–Trinajstić information content (AvgIpc) is 2.41. The summed E-state index contributed by atoms with van der Waals surface area (Å²) in [6, 6.07) is 10.7. The third-order valence-electron chi connectivity index (χ3n) is 2.84.